The first-order valence-electron chi connectivity index (χ1n) is 13.9. The Bertz CT molecular complexity index is 1200. The number of benzene rings is 1. The summed E-state index contributed by atoms with van der Waals surface area (Å²) in [4.78, 5) is 37.7. The molecule has 0 radical (unpaired) electrons. The van der Waals surface area contributed by atoms with Crippen LogP contribution in [-0.4, -0.2) is 88.6 Å². The first kappa shape index (κ1) is 30.5. The van der Waals surface area contributed by atoms with E-state index in [1.807, 2.05) is 0 Å². The second-order valence-corrected chi connectivity index (χ2v) is 11.0. The van der Waals surface area contributed by atoms with E-state index in [0.29, 0.717) is 36.7 Å². The van der Waals surface area contributed by atoms with Crippen molar-refractivity contribution >= 4 is 29.3 Å². The van der Waals surface area contributed by atoms with Crippen molar-refractivity contribution in [2.75, 3.05) is 44.4 Å². The van der Waals surface area contributed by atoms with Crippen molar-refractivity contribution in [3.63, 3.8) is 0 Å². The molecule has 1 aliphatic heterocycles. The van der Waals surface area contributed by atoms with Crippen LogP contribution in [0, 0.1) is 5.92 Å². The molecule has 41 heavy (non-hydrogen) atoms. The molecule has 0 bridgehead atoms. The highest BCUT2D eigenvalue weighted by Crippen LogP contribution is 2.37. The van der Waals surface area contributed by atoms with Crippen LogP contribution in [0.3, 0.4) is 0 Å². The third kappa shape index (κ3) is 7.64. The van der Waals surface area contributed by atoms with E-state index in [2.05, 4.69) is 37.9 Å². The SMILES string of the molecule is C[C@H](CO)NC(=O)C1CCCC1Nc1nc(Nc2ccc(C(=O)N(C)C3CCN(C)CC3)cc2)ncc1C(F)(F)F. The summed E-state index contributed by atoms with van der Waals surface area (Å²) in [5.74, 6) is -1.45. The summed E-state index contributed by atoms with van der Waals surface area (Å²) in [5, 5.41) is 17.7. The van der Waals surface area contributed by atoms with Crippen LogP contribution >= 0.6 is 0 Å². The smallest absolute Gasteiger partial charge is 0.394 e. The lowest BCUT2D eigenvalue weighted by atomic mass is 10.0. The molecule has 2 aliphatic rings. The number of rotatable bonds is 9. The van der Waals surface area contributed by atoms with Crippen molar-refractivity contribution in [2.24, 2.45) is 5.92 Å². The number of aromatic nitrogens is 2. The van der Waals surface area contributed by atoms with E-state index >= 15 is 0 Å². The van der Waals surface area contributed by atoms with Gasteiger partial charge in [0.1, 0.15) is 11.4 Å². The predicted octanol–water partition coefficient (Wildman–Crippen LogP) is 3.48. The van der Waals surface area contributed by atoms with E-state index in [-0.39, 0.29) is 30.4 Å². The van der Waals surface area contributed by atoms with E-state index in [9.17, 15) is 27.9 Å². The molecule has 0 spiro atoms. The number of aliphatic hydroxyl groups excluding tert-OH is 1. The van der Waals surface area contributed by atoms with E-state index in [4.69, 9.17) is 0 Å². The van der Waals surface area contributed by atoms with Crippen molar-refractivity contribution in [1.82, 2.24) is 25.1 Å². The number of amides is 2. The summed E-state index contributed by atoms with van der Waals surface area (Å²) in [6.45, 7) is 3.29. The van der Waals surface area contributed by atoms with Crippen molar-refractivity contribution in [3.8, 4) is 0 Å². The topological polar surface area (TPSA) is 123 Å². The molecule has 1 aliphatic carbocycles. The summed E-state index contributed by atoms with van der Waals surface area (Å²) >= 11 is 0. The summed E-state index contributed by atoms with van der Waals surface area (Å²) < 4.78 is 41.4. The zero-order chi connectivity index (χ0) is 29.7. The minimum Gasteiger partial charge on any atom is -0.394 e. The fraction of sp³-hybridized carbons (Fsp3) is 0.571. The molecule has 2 amide bonds. The van der Waals surface area contributed by atoms with Gasteiger partial charge in [0.2, 0.25) is 11.9 Å². The summed E-state index contributed by atoms with van der Waals surface area (Å²) in [7, 11) is 3.87. The number of aliphatic hydroxyl groups is 1. The number of carbonyl (C=O) groups excluding carboxylic acids is 2. The normalized spacial score (nSPS) is 20.9. The fourth-order valence-electron chi connectivity index (χ4n) is 5.35. The fourth-order valence-corrected chi connectivity index (χ4v) is 5.35. The molecule has 224 valence electrons. The Kier molecular flexibility index (Phi) is 9.69. The number of nitrogens with one attached hydrogen (secondary N) is 3. The maximum absolute atomic E-state index is 13.8. The van der Waals surface area contributed by atoms with Gasteiger partial charge < -0.3 is 30.9 Å². The lowest BCUT2D eigenvalue weighted by molar-refractivity contribution is -0.137. The number of hydrogen-bond acceptors (Lipinski definition) is 8. The summed E-state index contributed by atoms with van der Waals surface area (Å²) in [5.41, 5.74) is -0.0187. The monoisotopic (exact) mass is 577 g/mol. The average molecular weight is 578 g/mol. The van der Waals surface area contributed by atoms with E-state index in [0.717, 1.165) is 25.9 Å². The van der Waals surface area contributed by atoms with Gasteiger partial charge in [0, 0.05) is 42.6 Å². The molecular formula is C28H38F3N7O3. The van der Waals surface area contributed by atoms with Gasteiger partial charge in [-0.3, -0.25) is 9.59 Å². The van der Waals surface area contributed by atoms with Crippen molar-refractivity contribution in [3.05, 3.63) is 41.6 Å². The largest absolute Gasteiger partial charge is 0.421 e. The molecule has 1 aromatic carbocycles. The first-order valence-corrected chi connectivity index (χ1v) is 13.9. The zero-order valence-corrected chi connectivity index (χ0v) is 23.5. The molecule has 2 unspecified atom stereocenters. The maximum atomic E-state index is 13.8. The third-order valence-electron chi connectivity index (χ3n) is 7.88. The molecule has 2 heterocycles. The van der Waals surface area contributed by atoms with Gasteiger partial charge in [-0.25, -0.2) is 4.98 Å². The molecule has 2 fully saturated rings. The Morgan fingerprint density at radius 2 is 1.83 bits per heavy atom. The minimum absolute atomic E-state index is 0.0593. The molecular weight excluding hydrogens is 539 g/mol. The number of halogens is 3. The number of alkyl halides is 3. The molecule has 3 atom stereocenters. The Hall–Kier alpha value is -3.45. The van der Waals surface area contributed by atoms with Gasteiger partial charge >= 0.3 is 6.18 Å². The number of hydrogen-bond donors (Lipinski definition) is 4. The lowest BCUT2D eigenvalue weighted by Gasteiger charge is -2.35. The Balaban J connectivity index is 1.47. The number of likely N-dealkylation sites (tertiary alicyclic amines) is 1. The van der Waals surface area contributed by atoms with E-state index in [1.165, 1.54) is 0 Å². The molecule has 10 nitrogen and oxygen atoms in total. The van der Waals surface area contributed by atoms with E-state index < -0.39 is 35.6 Å². The van der Waals surface area contributed by atoms with Crippen molar-refractivity contribution in [1.29, 1.82) is 0 Å². The maximum Gasteiger partial charge on any atom is 0.421 e. The minimum atomic E-state index is -4.70. The second-order valence-electron chi connectivity index (χ2n) is 11.0. The number of nitrogens with zero attached hydrogens (tertiary/aromatic N) is 4. The van der Waals surface area contributed by atoms with E-state index in [1.54, 1.807) is 43.1 Å². The molecule has 4 rings (SSSR count). The van der Waals surface area contributed by atoms with Gasteiger partial charge in [-0.1, -0.05) is 6.42 Å². The van der Waals surface area contributed by atoms with Crippen LogP contribution in [0.25, 0.3) is 0 Å². The van der Waals surface area contributed by atoms with Gasteiger partial charge in [0.25, 0.3) is 5.91 Å². The highest BCUT2D eigenvalue weighted by atomic mass is 19.4. The standard InChI is InChI=1S/C28H38F3N7O3/c1-17(16-39)33-25(40)21-5-4-6-23(21)35-24-22(28(29,30)31)15-32-27(36-24)34-19-9-7-18(8-10-19)26(41)38(3)20-11-13-37(2)14-12-20/h7-10,15,17,20-21,23,39H,4-6,11-14,16H2,1-3H3,(H,33,40)(H2,32,34,35,36)/t17-,21?,23?/m1/s1. The van der Waals surface area contributed by atoms with Gasteiger partial charge in [0.15, 0.2) is 0 Å². The van der Waals surface area contributed by atoms with Crippen LogP contribution in [0.2, 0.25) is 0 Å². The molecule has 1 saturated heterocycles. The molecule has 1 saturated carbocycles. The van der Waals surface area contributed by atoms with Gasteiger partial charge in [-0.15, -0.1) is 0 Å². The van der Waals surface area contributed by atoms with Crippen LogP contribution in [-0.2, 0) is 11.0 Å². The lowest BCUT2D eigenvalue weighted by Crippen LogP contribution is -2.44. The third-order valence-corrected chi connectivity index (χ3v) is 7.88. The molecule has 2 aromatic rings. The van der Waals surface area contributed by atoms with Gasteiger partial charge in [-0.2, -0.15) is 18.2 Å². The Morgan fingerprint density at radius 1 is 1.15 bits per heavy atom. The Morgan fingerprint density at radius 3 is 2.46 bits per heavy atom. The number of carbonyl (C=O) groups is 2. The molecule has 1 aromatic heterocycles. The summed E-state index contributed by atoms with van der Waals surface area (Å²) in [6, 6.07) is 5.79. The van der Waals surface area contributed by atoms with Crippen LogP contribution in [0.5, 0.6) is 0 Å². The molecule has 4 N–H and O–H groups in total. The van der Waals surface area contributed by atoms with Gasteiger partial charge in [-0.05, 0) is 77.0 Å². The Labute approximate surface area is 237 Å². The second kappa shape index (κ2) is 13.0. The average Bonchev–Trinajstić information content (AvgIpc) is 3.41. The van der Waals surface area contributed by atoms with Gasteiger partial charge in [0.05, 0.1) is 12.5 Å². The zero-order valence-electron chi connectivity index (χ0n) is 23.5. The summed E-state index contributed by atoms with van der Waals surface area (Å²) in [6.07, 6.45) is -0.496. The van der Waals surface area contributed by atoms with Crippen LogP contribution in [0.15, 0.2) is 30.5 Å². The first-order chi connectivity index (χ1) is 19.5. The predicted molar refractivity (Wildman–Crippen MR) is 149 cm³/mol. The van der Waals surface area contributed by atoms with Crippen molar-refractivity contribution < 1.29 is 27.9 Å². The molecule has 13 heteroatoms. The highest BCUT2D eigenvalue weighted by Gasteiger charge is 2.39. The van der Waals surface area contributed by atoms with Crippen LogP contribution < -0.4 is 16.0 Å². The number of piperidine rings is 1. The van der Waals surface area contributed by atoms with Crippen molar-refractivity contribution in [2.45, 2.75) is 63.3 Å². The highest BCUT2D eigenvalue weighted by molar-refractivity contribution is 5.94. The number of anilines is 3. The van der Waals surface area contributed by atoms with Crippen LogP contribution in [0.4, 0.5) is 30.6 Å². The quantitative estimate of drug-likeness (QED) is 0.357. The van der Waals surface area contributed by atoms with Crippen LogP contribution in [0.1, 0.15) is 54.9 Å².